The molecule has 2 nitrogen and oxygen atoms in total. The number of benzene rings is 4. The van der Waals surface area contributed by atoms with Crippen LogP contribution in [0.25, 0.3) is 55.3 Å². The molecule has 2 heterocycles. The third kappa shape index (κ3) is 3.76. The van der Waals surface area contributed by atoms with Crippen LogP contribution >= 0.6 is 0 Å². The van der Waals surface area contributed by atoms with Gasteiger partial charge in [-0.3, -0.25) is 9.97 Å². The molecular formula is C32H22N2. The first-order valence-electron chi connectivity index (χ1n) is 11.4. The molecule has 0 bridgehead atoms. The summed E-state index contributed by atoms with van der Waals surface area (Å²) in [5.41, 5.74) is 9.31. The van der Waals surface area contributed by atoms with Gasteiger partial charge in [0.25, 0.3) is 0 Å². The quantitative estimate of drug-likeness (QED) is 0.279. The molecule has 0 aliphatic heterocycles. The lowest BCUT2D eigenvalue weighted by Gasteiger charge is -2.17. The van der Waals surface area contributed by atoms with Gasteiger partial charge in [-0.15, -0.1) is 0 Å². The van der Waals surface area contributed by atoms with Gasteiger partial charge >= 0.3 is 0 Å². The summed E-state index contributed by atoms with van der Waals surface area (Å²) in [5.74, 6) is 0. The van der Waals surface area contributed by atoms with E-state index in [-0.39, 0.29) is 0 Å². The lowest BCUT2D eigenvalue weighted by atomic mass is 9.87. The van der Waals surface area contributed by atoms with Crippen molar-refractivity contribution in [3.8, 4) is 44.5 Å². The van der Waals surface area contributed by atoms with Crippen LogP contribution < -0.4 is 0 Å². The summed E-state index contributed by atoms with van der Waals surface area (Å²) in [4.78, 5) is 8.84. The second kappa shape index (κ2) is 8.76. The zero-order chi connectivity index (χ0) is 22.7. The molecule has 0 aliphatic carbocycles. The highest BCUT2D eigenvalue weighted by Gasteiger charge is 2.15. The minimum atomic E-state index is 1.10. The molecule has 0 amide bonds. The minimum Gasteiger partial charge on any atom is -0.264 e. The second-order valence-electron chi connectivity index (χ2n) is 8.36. The van der Waals surface area contributed by atoms with Gasteiger partial charge in [0.2, 0.25) is 0 Å². The first-order chi connectivity index (χ1) is 16.9. The molecule has 4 aromatic carbocycles. The molecule has 0 unspecified atom stereocenters. The van der Waals surface area contributed by atoms with Gasteiger partial charge in [-0.2, -0.15) is 0 Å². The fourth-order valence-electron chi connectivity index (χ4n) is 4.58. The van der Waals surface area contributed by atoms with Crippen LogP contribution in [0, 0.1) is 0 Å². The van der Waals surface area contributed by atoms with Crippen molar-refractivity contribution in [3.63, 3.8) is 0 Å². The minimum absolute atomic E-state index is 1.10. The Balaban J connectivity index is 1.73. The Morgan fingerprint density at radius 3 is 1.15 bits per heavy atom. The summed E-state index contributed by atoms with van der Waals surface area (Å²) in [6, 6.07) is 38.6. The molecule has 2 aromatic heterocycles. The first-order valence-corrected chi connectivity index (χ1v) is 11.4. The zero-order valence-electron chi connectivity index (χ0n) is 18.6. The van der Waals surface area contributed by atoms with Gasteiger partial charge in [0.1, 0.15) is 0 Å². The molecule has 160 valence electrons. The number of pyridine rings is 2. The Hall–Kier alpha value is -4.56. The van der Waals surface area contributed by atoms with Gasteiger partial charge in [-0.25, -0.2) is 0 Å². The molecule has 0 aliphatic rings. The summed E-state index contributed by atoms with van der Waals surface area (Å²) < 4.78 is 0. The van der Waals surface area contributed by atoms with E-state index in [9.17, 15) is 0 Å². The van der Waals surface area contributed by atoms with Crippen molar-refractivity contribution in [1.82, 2.24) is 9.97 Å². The highest BCUT2D eigenvalue weighted by molar-refractivity contribution is 6.08. The van der Waals surface area contributed by atoms with Crippen LogP contribution in [0.2, 0.25) is 0 Å². The van der Waals surface area contributed by atoms with Crippen molar-refractivity contribution < 1.29 is 0 Å². The number of fused-ring (bicyclic) bond motifs is 1. The monoisotopic (exact) mass is 434 g/mol. The smallest absolute Gasteiger partial charge is 0.0346 e. The maximum atomic E-state index is 4.42. The summed E-state index contributed by atoms with van der Waals surface area (Å²) >= 11 is 0. The molecule has 6 rings (SSSR count). The maximum Gasteiger partial charge on any atom is 0.0346 e. The van der Waals surface area contributed by atoms with E-state index in [1.54, 1.807) is 0 Å². The van der Waals surface area contributed by atoms with Gasteiger partial charge in [0.15, 0.2) is 0 Å². The summed E-state index contributed by atoms with van der Waals surface area (Å²) in [5, 5.41) is 2.40. The lowest BCUT2D eigenvalue weighted by Crippen LogP contribution is -1.91. The highest BCUT2D eigenvalue weighted by atomic mass is 14.6. The predicted octanol–water partition coefficient (Wildman–Crippen LogP) is 8.30. The molecule has 0 saturated heterocycles. The van der Waals surface area contributed by atoms with E-state index in [4.69, 9.17) is 0 Å². The van der Waals surface area contributed by atoms with E-state index in [1.807, 2.05) is 36.9 Å². The normalized spacial score (nSPS) is 10.9. The molecule has 6 aromatic rings. The summed E-state index contributed by atoms with van der Waals surface area (Å²) in [6.07, 6.45) is 7.54. The predicted molar refractivity (Wildman–Crippen MR) is 141 cm³/mol. The third-order valence-electron chi connectivity index (χ3n) is 6.23. The van der Waals surface area contributed by atoms with Gasteiger partial charge in [-0.05, 0) is 80.6 Å². The summed E-state index contributed by atoms with van der Waals surface area (Å²) in [6.45, 7) is 0. The van der Waals surface area contributed by atoms with Crippen molar-refractivity contribution >= 4 is 10.8 Å². The zero-order valence-corrected chi connectivity index (χ0v) is 18.6. The van der Waals surface area contributed by atoms with Crippen LogP contribution in [0.5, 0.6) is 0 Å². The average molecular weight is 435 g/mol. The Bertz CT molecular complexity index is 1440. The molecular weight excluding hydrogens is 412 g/mol. The van der Waals surface area contributed by atoms with E-state index >= 15 is 0 Å². The van der Waals surface area contributed by atoms with Crippen molar-refractivity contribution in [1.29, 1.82) is 0 Å². The third-order valence-corrected chi connectivity index (χ3v) is 6.23. The van der Waals surface area contributed by atoms with Crippen molar-refractivity contribution in [2.24, 2.45) is 0 Å². The number of nitrogens with zero attached hydrogens (tertiary/aromatic N) is 2. The van der Waals surface area contributed by atoms with Crippen molar-refractivity contribution in [2.45, 2.75) is 0 Å². The van der Waals surface area contributed by atoms with Crippen LogP contribution in [-0.4, -0.2) is 9.97 Å². The Labute approximate surface area is 199 Å². The number of hydrogen-bond donors (Lipinski definition) is 0. The van der Waals surface area contributed by atoms with Gasteiger partial charge in [0.05, 0.1) is 0 Å². The van der Waals surface area contributed by atoms with Gasteiger partial charge in [0, 0.05) is 35.9 Å². The summed E-state index contributed by atoms with van der Waals surface area (Å²) in [7, 11) is 0. The molecule has 0 saturated carbocycles. The second-order valence-corrected chi connectivity index (χ2v) is 8.36. The van der Waals surface area contributed by atoms with Crippen LogP contribution in [0.4, 0.5) is 0 Å². The Morgan fingerprint density at radius 1 is 0.353 bits per heavy atom. The van der Waals surface area contributed by atoms with Crippen LogP contribution in [0.3, 0.4) is 0 Å². The largest absolute Gasteiger partial charge is 0.264 e. The highest BCUT2D eigenvalue weighted by Crippen LogP contribution is 2.41. The van der Waals surface area contributed by atoms with Crippen LogP contribution in [0.15, 0.2) is 134 Å². The van der Waals surface area contributed by atoms with Crippen LogP contribution in [-0.2, 0) is 0 Å². The molecule has 0 spiro atoms. The van der Waals surface area contributed by atoms with Gasteiger partial charge < -0.3 is 0 Å². The van der Waals surface area contributed by atoms with E-state index in [0.29, 0.717) is 0 Å². The molecule has 0 atom stereocenters. The molecule has 0 N–H and O–H groups in total. The lowest BCUT2D eigenvalue weighted by molar-refractivity contribution is 1.33. The van der Waals surface area contributed by atoms with Crippen molar-refractivity contribution in [2.75, 3.05) is 0 Å². The number of aromatic nitrogens is 2. The van der Waals surface area contributed by atoms with E-state index in [1.165, 1.54) is 44.2 Å². The molecule has 34 heavy (non-hydrogen) atoms. The Morgan fingerprint density at radius 2 is 0.765 bits per heavy atom. The maximum absolute atomic E-state index is 4.42. The fraction of sp³-hybridized carbons (Fsp3) is 0. The molecule has 0 fully saturated rings. The van der Waals surface area contributed by atoms with Gasteiger partial charge in [-0.1, -0.05) is 72.8 Å². The first kappa shape index (κ1) is 20.1. The van der Waals surface area contributed by atoms with E-state index in [2.05, 4.69) is 107 Å². The SMILES string of the molecule is c1ccc(-c2cc(-c3cccnc3)c3cc(-c4ccccc4)cc(-c4cccnc4)c3c2)cc1. The average Bonchev–Trinajstić information content (AvgIpc) is 2.94. The van der Waals surface area contributed by atoms with Crippen LogP contribution in [0.1, 0.15) is 0 Å². The Kier molecular flexibility index (Phi) is 5.17. The number of rotatable bonds is 4. The standard InChI is InChI=1S/C32H22N2/c1-3-9-23(10-4-1)27-17-29(25-13-7-15-33-21-25)32-20-28(24-11-5-2-6-12-24)18-30(31(32)19-27)26-14-8-16-34-22-26/h1-22H. The molecule has 2 heteroatoms. The van der Waals surface area contributed by atoms with E-state index in [0.717, 1.165) is 11.1 Å². The topological polar surface area (TPSA) is 25.8 Å². The van der Waals surface area contributed by atoms with E-state index < -0.39 is 0 Å². The molecule has 0 radical (unpaired) electrons. The fourth-order valence-corrected chi connectivity index (χ4v) is 4.58. The number of hydrogen-bond acceptors (Lipinski definition) is 2. The van der Waals surface area contributed by atoms with Crippen molar-refractivity contribution in [3.05, 3.63) is 134 Å².